The molecule has 14 aromatic carbocycles. The Balaban J connectivity index is 0.000000102. The summed E-state index contributed by atoms with van der Waals surface area (Å²) in [5.74, 6) is -2.51. The first kappa shape index (κ1) is 68.6. The third kappa shape index (κ3) is 17.4. The molecule has 7 aromatic heterocycles. The molecule has 2 N–H and O–H groups in total. The molecule has 0 aliphatic carbocycles. The van der Waals surface area contributed by atoms with Crippen molar-refractivity contribution in [1.29, 1.82) is 0 Å². The molecule has 0 fully saturated rings. The van der Waals surface area contributed by atoms with Gasteiger partial charge in [0.15, 0.2) is 0 Å². The lowest BCUT2D eigenvalue weighted by Crippen LogP contribution is -1.91. The standard InChI is InChI=1S/7C13H9N.C4H4O4/c7*1-3-7-12-10(5-1)9-11-6-2-4-8-13(11)14-12;5-3(6)1-2-4(7)8/h7*1-9H;1-2H,(H,5,6)(H,7,8)/b;;;;;;;2-1+. The summed E-state index contributed by atoms with van der Waals surface area (Å²) in [5.41, 5.74) is 14.9. The van der Waals surface area contributed by atoms with Crippen LogP contribution in [0.15, 0.2) is 394 Å². The number of carbonyl (C=O) groups is 2. The van der Waals surface area contributed by atoms with Crippen LogP contribution in [0.25, 0.3) is 153 Å². The van der Waals surface area contributed by atoms with E-state index in [4.69, 9.17) is 10.2 Å². The van der Waals surface area contributed by atoms with Crippen molar-refractivity contribution in [2.24, 2.45) is 0 Å². The summed E-state index contributed by atoms with van der Waals surface area (Å²) in [6, 6.07) is 130. The van der Waals surface area contributed by atoms with Crippen LogP contribution in [0.1, 0.15) is 0 Å². The molecule has 0 spiro atoms. The maximum atomic E-state index is 9.55. The third-order valence-electron chi connectivity index (χ3n) is 17.3. The predicted octanol–water partition coefficient (Wildman–Crippen LogP) is 23.4. The van der Waals surface area contributed by atoms with E-state index in [1.165, 1.54) is 75.4 Å². The summed E-state index contributed by atoms with van der Waals surface area (Å²) >= 11 is 0. The maximum Gasteiger partial charge on any atom is 0.328 e. The molecule has 106 heavy (non-hydrogen) atoms. The van der Waals surface area contributed by atoms with Gasteiger partial charge in [-0.2, -0.15) is 0 Å². The maximum absolute atomic E-state index is 9.55. The van der Waals surface area contributed by atoms with E-state index in [1.807, 2.05) is 255 Å². The first-order valence-electron chi connectivity index (χ1n) is 34.5. The van der Waals surface area contributed by atoms with Crippen LogP contribution >= 0.6 is 0 Å². The van der Waals surface area contributed by atoms with Crippen LogP contribution < -0.4 is 0 Å². The number of aliphatic carboxylic acids is 2. The molecule has 0 radical (unpaired) electrons. The minimum Gasteiger partial charge on any atom is -0.478 e. The second-order valence-electron chi connectivity index (χ2n) is 24.6. The average Bonchev–Trinajstić information content (AvgIpc) is 0.860. The number of hydrogen-bond donors (Lipinski definition) is 2. The topological polar surface area (TPSA) is 165 Å². The first-order chi connectivity index (χ1) is 52.2. The largest absolute Gasteiger partial charge is 0.478 e. The van der Waals surface area contributed by atoms with Gasteiger partial charge in [-0.25, -0.2) is 44.5 Å². The van der Waals surface area contributed by atoms with E-state index in [-0.39, 0.29) is 0 Å². The van der Waals surface area contributed by atoms with Gasteiger partial charge in [0.05, 0.1) is 77.2 Å². The molecule has 7 heterocycles. The van der Waals surface area contributed by atoms with Crippen molar-refractivity contribution in [3.05, 3.63) is 394 Å². The van der Waals surface area contributed by atoms with Gasteiger partial charge in [0, 0.05) is 87.6 Å². The summed E-state index contributed by atoms with van der Waals surface area (Å²) < 4.78 is 0. The van der Waals surface area contributed by atoms with E-state index in [0.717, 1.165) is 77.2 Å². The Morgan fingerprint density at radius 2 is 0.245 bits per heavy atom. The summed E-state index contributed by atoms with van der Waals surface area (Å²) in [6.07, 6.45) is 1.12. The summed E-state index contributed by atoms with van der Waals surface area (Å²) in [5, 5.41) is 32.4. The Kier molecular flexibility index (Phi) is 21.5. The number of benzene rings is 14. The second-order valence-corrected chi connectivity index (χ2v) is 24.6. The number of fused-ring (bicyclic) bond motifs is 14. The number of nitrogens with zero attached hydrogens (tertiary/aromatic N) is 7. The van der Waals surface area contributed by atoms with Gasteiger partial charge in [0.25, 0.3) is 0 Å². The highest BCUT2D eigenvalue weighted by molar-refractivity contribution is 5.98. The SMILES string of the molecule is O=C(O)/C=C/C(=O)O.c1ccc2nc3ccccc3cc2c1.c1ccc2nc3ccccc3cc2c1.c1ccc2nc3ccccc3cc2c1.c1ccc2nc3ccccc3cc2c1.c1ccc2nc3ccccc3cc2c1.c1ccc2nc3ccccc3cc2c1.c1ccc2nc3ccccc3cc2c1. The lowest BCUT2D eigenvalue weighted by atomic mass is 10.1. The molecule has 506 valence electrons. The Labute approximate surface area is 610 Å². The van der Waals surface area contributed by atoms with Crippen molar-refractivity contribution in [3.63, 3.8) is 0 Å². The van der Waals surface area contributed by atoms with E-state index in [9.17, 15) is 9.59 Å². The highest BCUT2D eigenvalue weighted by atomic mass is 16.4. The van der Waals surface area contributed by atoms with E-state index < -0.39 is 11.9 Å². The fraction of sp³-hybridized carbons (Fsp3) is 0. The summed E-state index contributed by atoms with van der Waals surface area (Å²) in [4.78, 5) is 51.2. The van der Waals surface area contributed by atoms with Crippen LogP contribution in [-0.2, 0) is 9.59 Å². The summed E-state index contributed by atoms with van der Waals surface area (Å²) in [7, 11) is 0. The molecule has 0 atom stereocenters. The van der Waals surface area contributed by atoms with Gasteiger partial charge in [0.1, 0.15) is 0 Å². The molecular weight excluding hydrogens is 1300 g/mol. The van der Waals surface area contributed by atoms with E-state index in [0.29, 0.717) is 12.2 Å². The summed E-state index contributed by atoms with van der Waals surface area (Å²) in [6.45, 7) is 0. The van der Waals surface area contributed by atoms with Crippen LogP contribution in [0.4, 0.5) is 0 Å². The fourth-order valence-corrected chi connectivity index (χ4v) is 12.2. The Bertz CT molecular complexity index is 4890. The molecule has 0 bridgehead atoms. The van der Waals surface area contributed by atoms with Crippen LogP contribution in [0.5, 0.6) is 0 Å². The minimum atomic E-state index is -1.26. The number of carboxylic acids is 2. The van der Waals surface area contributed by atoms with Crippen LogP contribution in [0.2, 0.25) is 0 Å². The van der Waals surface area contributed by atoms with Gasteiger partial charge in [-0.05, 0) is 127 Å². The van der Waals surface area contributed by atoms with Gasteiger partial charge in [-0.3, -0.25) is 0 Å². The van der Waals surface area contributed by atoms with Crippen molar-refractivity contribution in [2.45, 2.75) is 0 Å². The molecule has 0 unspecified atom stereocenters. The third-order valence-corrected chi connectivity index (χ3v) is 17.3. The molecule has 0 aliphatic heterocycles. The molecule has 0 saturated heterocycles. The van der Waals surface area contributed by atoms with E-state index >= 15 is 0 Å². The average molecular weight is 1370 g/mol. The Morgan fingerprint density at radius 1 is 0.160 bits per heavy atom. The molecular formula is C95H67N7O4. The number of aromatic nitrogens is 7. The van der Waals surface area contributed by atoms with Gasteiger partial charge < -0.3 is 10.2 Å². The smallest absolute Gasteiger partial charge is 0.328 e. The minimum absolute atomic E-state index is 0.558. The quantitative estimate of drug-likeness (QED) is 0.125. The van der Waals surface area contributed by atoms with Crippen molar-refractivity contribution in [3.8, 4) is 0 Å². The van der Waals surface area contributed by atoms with E-state index in [1.54, 1.807) is 0 Å². The zero-order valence-electron chi connectivity index (χ0n) is 57.4. The van der Waals surface area contributed by atoms with Gasteiger partial charge in [0.2, 0.25) is 0 Å². The molecule has 0 aliphatic rings. The van der Waals surface area contributed by atoms with Crippen LogP contribution in [0, 0.1) is 0 Å². The zero-order chi connectivity index (χ0) is 72.2. The first-order valence-corrected chi connectivity index (χ1v) is 34.5. The second kappa shape index (κ2) is 33.3. The number of rotatable bonds is 2. The normalized spacial score (nSPS) is 10.8. The number of pyridine rings is 7. The molecule has 11 nitrogen and oxygen atoms in total. The van der Waals surface area contributed by atoms with Crippen molar-refractivity contribution >= 4 is 165 Å². The molecule has 21 rings (SSSR count). The van der Waals surface area contributed by atoms with Crippen molar-refractivity contribution < 1.29 is 19.8 Å². The number of carboxylic acid groups (broad SMARTS) is 2. The lowest BCUT2D eigenvalue weighted by molar-refractivity contribution is -0.134. The highest BCUT2D eigenvalue weighted by Crippen LogP contribution is 2.26. The molecule has 11 heteroatoms. The Morgan fingerprint density at radius 3 is 0.330 bits per heavy atom. The number of para-hydroxylation sites is 14. The lowest BCUT2D eigenvalue weighted by Gasteiger charge is -1.99. The monoisotopic (exact) mass is 1370 g/mol. The fourth-order valence-electron chi connectivity index (χ4n) is 12.2. The molecule has 0 saturated carbocycles. The van der Waals surface area contributed by atoms with Crippen LogP contribution in [-0.4, -0.2) is 57.0 Å². The van der Waals surface area contributed by atoms with Gasteiger partial charge in [-0.1, -0.05) is 255 Å². The van der Waals surface area contributed by atoms with Gasteiger partial charge >= 0.3 is 11.9 Å². The number of hydrogen-bond acceptors (Lipinski definition) is 9. The predicted molar refractivity (Wildman–Crippen MR) is 439 cm³/mol. The van der Waals surface area contributed by atoms with Crippen LogP contribution in [0.3, 0.4) is 0 Å². The van der Waals surface area contributed by atoms with Crippen molar-refractivity contribution in [1.82, 2.24) is 34.9 Å². The molecule has 21 aromatic rings. The Hall–Kier alpha value is -14.6. The molecule has 0 amide bonds. The zero-order valence-corrected chi connectivity index (χ0v) is 57.4. The van der Waals surface area contributed by atoms with Gasteiger partial charge in [-0.15, -0.1) is 0 Å². The van der Waals surface area contributed by atoms with E-state index in [2.05, 4.69) is 162 Å². The highest BCUT2D eigenvalue weighted by Gasteiger charge is 2.04. The van der Waals surface area contributed by atoms with Crippen molar-refractivity contribution in [2.75, 3.05) is 0 Å².